The van der Waals surface area contributed by atoms with E-state index >= 15 is 0 Å². The normalized spacial score (nSPS) is 13.7. The van der Waals surface area contributed by atoms with Crippen molar-refractivity contribution in [2.45, 2.75) is 59.4 Å². The molecule has 0 amide bonds. The Kier molecular flexibility index (Phi) is 6.57. The summed E-state index contributed by atoms with van der Waals surface area (Å²) in [7, 11) is 0. The Bertz CT molecular complexity index is 185. The van der Waals surface area contributed by atoms with E-state index in [1.807, 2.05) is 20.8 Å². The van der Waals surface area contributed by atoms with Gasteiger partial charge in [0.25, 0.3) is 0 Å². The Morgan fingerprint density at radius 2 is 1.87 bits per heavy atom. The third kappa shape index (κ3) is 6.50. The number of ether oxygens (including phenoxy) is 1. The molecule has 1 atom stereocenters. The van der Waals surface area contributed by atoms with Crippen LogP contribution in [0.25, 0.3) is 0 Å². The molecule has 0 saturated heterocycles. The van der Waals surface area contributed by atoms with Crippen LogP contribution in [0.4, 0.5) is 0 Å². The minimum Gasteiger partial charge on any atom is -0.465 e. The van der Waals surface area contributed by atoms with Crippen LogP contribution in [-0.2, 0) is 9.53 Å². The van der Waals surface area contributed by atoms with Gasteiger partial charge >= 0.3 is 5.97 Å². The summed E-state index contributed by atoms with van der Waals surface area (Å²) >= 11 is 0. The summed E-state index contributed by atoms with van der Waals surface area (Å²) in [5.41, 5.74) is 5.54. The largest absolute Gasteiger partial charge is 0.465 e. The summed E-state index contributed by atoms with van der Waals surface area (Å²) in [6.45, 7) is 8.48. The molecule has 0 bridgehead atoms. The fraction of sp³-hybridized carbons (Fsp3) is 0.917. The Labute approximate surface area is 93.4 Å². The lowest BCUT2D eigenvalue weighted by atomic mass is 9.87. The molecule has 0 radical (unpaired) electrons. The van der Waals surface area contributed by atoms with E-state index in [9.17, 15) is 4.79 Å². The molecular formula is C12H25NO2. The van der Waals surface area contributed by atoms with Crippen molar-refractivity contribution in [3.05, 3.63) is 0 Å². The number of esters is 1. The molecule has 0 aromatic carbocycles. The van der Waals surface area contributed by atoms with Crippen LogP contribution in [0.1, 0.15) is 53.4 Å². The van der Waals surface area contributed by atoms with Crippen LogP contribution in [-0.4, -0.2) is 18.6 Å². The molecule has 2 N–H and O–H groups in total. The highest BCUT2D eigenvalue weighted by atomic mass is 16.5. The van der Waals surface area contributed by atoms with Crippen molar-refractivity contribution in [2.24, 2.45) is 11.1 Å². The van der Waals surface area contributed by atoms with E-state index in [0.717, 1.165) is 12.8 Å². The topological polar surface area (TPSA) is 52.3 Å². The van der Waals surface area contributed by atoms with Gasteiger partial charge in [-0.05, 0) is 11.8 Å². The molecule has 0 heterocycles. The Morgan fingerprint density at radius 1 is 1.27 bits per heavy atom. The Balaban J connectivity index is 3.66. The maximum Gasteiger partial charge on any atom is 0.323 e. The second-order valence-corrected chi connectivity index (χ2v) is 5.07. The quantitative estimate of drug-likeness (QED) is 0.547. The SMILES string of the molecule is CCCCCCOC(=O)[C@@H](N)C(C)(C)C. The zero-order valence-corrected chi connectivity index (χ0v) is 10.5. The van der Waals surface area contributed by atoms with Crippen molar-refractivity contribution in [1.29, 1.82) is 0 Å². The zero-order chi connectivity index (χ0) is 11.9. The van der Waals surface area contributed by atoms with Gasteiger partial charge in [-0.2, -0.15) is 0 Å². The molecule has 0 spiro atoms. The first-order valence-electron chi connectivity index (χ1n) is 5.81. The maximum absolute atomic E-state index is 11.5. The van der Waals surface area contributed by atoms with Gasteiger partial charge in [0.05, 0.1) is 6.61 Å². The summed E-state index contributed by atoms with van der Waals surface area (Å²) in [6, 6.07) is -0.524. The molecule has 0 rings (SSSR count). The third-order valence-electron chi connectivity index (χ3n) is 2.43. The average molecular weight is 215 g/mol. The number of nitrogens with two attached hydrogens (primary N) is 1. The molecule has 0 unspecified atom stereocenters. The lowest BCUT2D eigenvalue weighted by Gasteiger charge is -2.24. The van der Waals surface area contributed by atoms with Crippen molar-refractivity contribution in [3.8, 4) is 0 Å². The van der Waals surface area contributed by atoms with Gasteiger partial charge in [0.15, 0.2) is 0 Å². The summed E-state index contributed by atoms with van der Waals surface area (Å²) < 4.78 is 5.11. The van der Waals surface area contributed by atoms with Crippen LogP contribution in [0.3, 0.4) is 0 Å². The Morgan fingerprint density at radius 3 is 2.33 bits per heavy atom. The molecule has 90 valence electrons. The van der Waals surface area contributed by atoms with Crippen molar-refractivity contribution in [3.63, 3.8) is 0 Å². The minimum atomic E-state index is -0.524. The lowest BCUT2D eigenvalue weighted by Crippen LogP contribution is -2.43. The summed E-state index contributed by atoms with van der Waals surface area (Å²) in [4.78, 5) is 11.5. The fourth-order valence-corrected chi connectivity index (χ4v) is 1.14. The van der Waals surface area contributed by atoms with E-state index in [-0.39, 0.29) is 11.4 Å². The highest BCUT2D eigenvalue weighted by Crippen LogP contribution is 2.18. The highest BCUT2D eigenvalue weighted by molar-refractivity contribution is 5.76. The van der Waals surface area contributed by atoms with Gasteiger partial charge in [-0.25, -0.2) is 0 Å². The molecule has 15 heavy (non-hydrogen) atoms. The summed E-state index contributed by atoms with van der Waals surface area (Å²) in [5.74, 6) is -0.279. The molecule has 3 nitrogen and oxygen atoms in total. The van der Waals surface area contributed by atoms with Gasteiger partial charge in [-0.3, -0.25) is 4.79 Å². The van der Waals surface area contributed by atoms with E-state index in [2.05, 4.69) is 6.92 Å². The van der Waals surface area contributed by atoms with Gasteiger partial charge in [-0.1, -0.05) is 47.0 Å². The standard InChI is InChI=1S/C12H25NO2/c1-5-6-7-8-9-15-11(14)10(13)12(2,3)4/h10H,5-9,13H2,1-4H3/t10-/m1/s1. The van der Waals surface area contributed by atoms with Crippen LogP contribution < -0.4 is 5.73 Å². The fourth-order valence-electron chi connectivity index (χ4n) is 1.14. The molecule has 0 aliphatic carbocycles. The van der Waals surface area contributed by atoms with Crippen molar-refractivity contribution in [2.75, 3.05) is 6.61 Å². The summed E-state index contributed by atoms with van der Waals surface area (Å²) in [6.07, 6.45) is 4.45. The predicted octanol–water partition coefficient (Wildman–Crippen LogP) is 2.48. The molecule has 0 saturated carbocycles. The number of hydrogen-bond acceptors (Lipinski definition) is 3. The molecule has 3 heteroatoms. The van der Waals surface area contributed by atoms with Gasteiger partial charge < -0.3 is 10.5 Å². The van der Waals surface area contributed by atoms with Crippen LogP contribution in [0, 0.1) is 5.41 Å². The van der Waals surface area contributed by atoms with Gasteiger partial charge in [0, 0.05) is 0 Å². The summed E-state index contributed by atoms with van der Waals surface area (Å²) in [5, 5.41) is 0. The molecule has 0 aliphatic rings. The molecular weight excluding hydrogens is 190 g/mol. The predicted molar refractivity (Wildman–Crippen MR) is 62.5 cm³/mol. The first-order valence-corrected chi connectivity index (χ1v) is 5.81. The van der Waals surface area contributed by atoms with Crippen LogP contribution >= 0.6 is 0 Å². The van der Waals surface area contributed by atoms with Crippen LogP contribution in [0.15, 0.2) is 0 Å². The molecule has 0 fully saturated rings. The molecule has 0 aromatic rings. The van der Waals surface area contributed by atoms with Gasteiger partial charge in [-0.15, -0.1) is 0 Å². The average Bonchev–Trinajstić information content (AvgIpc) is 2.14. The van der Waals surface area contributed by atoms with Gasteiger partial charge in [0.1, 0.15) is 6.04 Å². The minimum absolute atomic E-state index is 0.222. The Hall–Kier alpha value is -0.570. The van der Waals surface area contributed by atoms with Crippen molar-refractivity contribution in [1.82, 2.24) is 0 Å². The number of rotatable bonds is 6. The zero-order valence-electron chi connectivity index (χ0n) is 10.5. The van der Waals surface area contributed by atoms with Crippen molar-refractivity contribution < 1.29 is 9.53 Å². The third-order valence-corrected chi connectivity index (χ3v) is 2.43. The monoisotopic (exact) mass is 215 g/mol. The second kappa shape index (κ2) is 6.83. The smallest absolute Gasteiger partial charge is 0.323 e. The number of carbonyl (C=O) groups is 1. The number of carbonyl (C=O) groups excluding carboxylic acids is 1. The van der Waals surface area contributed by atoms with E-state index in [4.69, 9.17) is 10.5 Å². The van der Waals surface area contributed by atoms with Crippen LogP contribution in [0.2, 0.25) is 0 Å². The van der Waals surface area contributed by atoms with E-state index < -0.39 is 6.04 Å². The number of unbranched alkanes of at least 4 members (excludes halogenated alkanes) is 3. The molecule has 0 aromatic heterocycles. The lowest BCUT2D eigenvalue weighted by molar-refractivity contribution is -0.147. The van der Waals surface area contributed by atoms with E-state index in [1.54, 1.807) is 0 Å². The number of hydrogen-bond donors (Lipinski definition) is 1. The first kappa shape index (κ1) is 14.4. The molecule has 0 aliphatic heterocycles. The van der Waals surface area contributed by atoms with Crippen LogP contribution in [0.5, 0.6) is 0 Å². The van der Waals surface area contributed by atoms with Gasteiger partial charge in [0.2, 0.25) is 0 Å². The first-order chi connectivity index (χ1) is 6.89. The maximum atomic E-state index is 11.5. The second-order valence-electron chi connectivity index (χ2n) is 5.07. The highest BCUT2D eigenvalue weighted by Gasteiger charge is 2.28. The van der Waals surface area contributed by atoms with E-state index in [1.165, 1.54) is 12.8 Å². The van der Waals surface area contributed by atoms with E-state index in [0.29, 0.717) is 6.61 Å². The van der Waals surface area contributed by atoms with Crippen molar-refractivity contribution >= 4 is 5.97 Å².